The van der Waals surface area contributed by atoms with Crippen LogP contribution < -0.4 is 15.4 Å². The highest BCUT2D eigenvalue weighted by Gasteiger charge is 2.40. The van der Waals surface area contributed by atoms with Crippen molar-refractivity contribution in [2.75, 3.05) is 12.4 Å². The fraction of sp³-hybridized carbons (Fsp3) is 0.414. The molecule has 39 heavy (non-hydrogen) atoms. The lowest BCUT2D eigenvalue weighted by molar-refractivity contribution is -0.136. The molecular formula is C29H32N6O4. The van der Waals surface area contributed by atoms with E-state index < -0.39 is 6.04 Å². The third-order valence-electron chi connectivity index (χ3n) is 8.19. The molecule has 3 amide bonds. The Morgan fingerprint density at radius 1 is 1.03 bits per heavy atom. The van der Waals surface area contributed by atoms with E-state index in [1.165, 1.54) is 5.56 Å². The third-order valence-corrected chi connectivity index (χ3v) is 8.19. The minimum atomic E-state index is -0.610. The van der Waals surface area contributed by atoms with Crippen molar-refractivity contribution in [2.24, 2.45) is 0 Å². The molecule has 202 valence electrons. The monoisotopic (exact) mass is 528 g/mol. The van der Waals surface area contributed by atoms with E-state index in [0.29, 0.717) is 24.4 Å². The van der Waals surface area contributed by atoms with Gasteiger partial charge >= 0.3 is 0 Å². The molecule has 10 nitrogen and oxygen atoms in total. The lowest BCUT2D eigenvalue weighted by atomic mass is 9.85. The van der Waals surface area contributed by atoms with E-state index in [0.717, 1.165) is 55.1 Å². The SMILES string of the molecule is COc1ccc(Cn2cnnc2C2CCC(Nc3cccc4c3CN(C3CCC(=O)NC3=O)C4=O)CC2)cc1. The standard InChI is InChI=1S/C29H32N6O4/c1-39-21-11-5-18(6-12-21)15-34-17-30-33-27(34)19-7-9-20(10-8-19)31-24-4-2-3-22-23(24)16-35(29(22)38)25-13-14-26(36)32-28(25)37/h2-6,11-12,17,19-20,25,31H,7-10,13-16H2,1H3,(H,32,36,37). The second-order valence-corrected chi connectivity index (χ2v) is 10.6. The molecule has 1 saturated carbocycles. The molecule has 1 aromatic heterocycles. The summed E-state index contributed by atoms with van der Waals surface area (Å²) in [6.07, 6.45) is 6.37. The van der Waals surface area contributed by atoms with Gasteiger partial charge < -0.3 is 19.5 Å². The fourth-order valence-corrected chi connectivity index (χ4v) is 6.07. The van der Waals surface area contributed by atoms with Gasteiger partial charge in [0.2, 0.25) is 11.8 Å². The van der Waals surface area contributed by atoms with E-state index in [9.17, 15) is 14.4 Å². The zero-order valence-electron chi connectivity index (χ0n) is 21.9. The van der Waals surface area contributed by atoms with Crippen molar-refractivity contribution in [1.29, 1.82) is 0 Å². The number of nitrogens with zero attached hydrogens (tertiary/aromatic N) is 4. The molecule has 1 aliphatic carbocycles. The largest absolute Gasteiger partial charge is 0.497 e. The van der Waals surface area contributed by atoms with E-state index >= 15 is 0 Å². The molecule has 0 bridgehead atoms. The number of carbonyl (C=O) groups is 3. The summed E-state index contributed by atoms with van der Waals surface area (Å²) in [5.41, 5.74) is 3.67. The number of benzene rings is 2. The zero-order valence-corrected chi connectivity index (χ0v) is 21.9. The summed E-state index contributed by atoms with van der Waals surface area (Å²) >= 11 is 0. The molecule has 1 saturated heterocycles. The van der Waals surface area contributed by atoms with Gasteiger partial charge in [0.05, 0.1) is 13.7 Å². The van der Waals surface area contributed by atoms with Gasteiger partial charge in [-0.1, -0.05) is 18.2 Å². The summed E-state index contributed by atoms with van der Waals surface area (Å²) in [6, 6.07) is 13.5. The summed E-state index contributed by atoms with van der Waals surface area (Å²) < 4.78 is 7.40. The number of hydrogen-bond acceptors (Lipinski definition) is 7. The summed E-state index contributed by atoms with van der Waals surface area (Å²) in [5.74, 6) is 1.39. The van der Waals surface area contributed by atoms with Crippen LogP contribution in [0.5, 0.6) is 5.75 Å². The molecule has 0 radical (unpaired) electrons. The number of ether oxygens (including phenoxy) is 1. The number of rotatable bonds is 7. The van der Waals surface area contributed by atoms with Crippen molar-refractivity contribution in [3.8, 4) is 5.75 Å². The van der Waals surface area contributed by atoms with Crippen LogP contribution in [0.25, 0.3) is 0 Å². The van der Waals surface area contributed by atoms with Gasteiger partial charge in [-0.2, -0.15) is 0 Å². The van der Waals surface area contributed by atoms with Gasteiger partial charge in [0.15, 0.2) is 0 Å². The maximum absolute atomic E-state index is 13.1. The van der Waals surface area contributed by atoms with Gasteiger partial charge in [-0.05, 0) is 61.9 Å². The molecule has 2 N–H and O–H groups in total. The highest BCUT2D eigenvalue weighted by Crippen LogP contribution is 2.36. The molecule has 2 aliphatic heterocycles. The van der Waals surface area contributed by atoms with Crippen molar-refractivity contribution >= 4 is 23.4 Å². The minimum Gasteiger partial charge on any atom is -0.497 e. The van der Waals surface area contributed by atoms with Gasteiger partial charge in [0.1, 0.15) is 23.9 Å². The molecule has 6 rings (SSSR count). The van der Waals surface area contributed by atoms with Crippen molar-refractivity contribution in [3.63, 3.8) is 0 Å². The molecule has 1 unspecified atom stereocenters. The number of aromatic nitrogens is 3. The Bertz CT molecular complexity index is 1390. The molecule has 2 aromatic carbocycles. The quantitative estimate of drug-likeness (QED) is 0.452. The first-order valence-electron chi connectivity index (χ1n) is 13.5. The van der Waals surface area contributed by atoms with Crippen molar-refractivity contribution in [3.05, 3.63) is 71.3 Å². The van der Waals surface area contributed by atoms with Gasteiger partial charge in [-0.3, -0.25) is 19.7 Å². The van der Waals surface area contributed by atoms with Gasteiger partial charge in [0.25, 0.3) is 5.91 Å². The Labute approximate surface area is 226 Å². The van der Waals surface area contributed by atoms with Crippen LogP contribution in [0.1, 0.15) is 71.8 Å². The Hall–Kier alpha value is -4.21. The third kappa shape index (κ3) is 4.98. The van der Waals surface area contributed by atoms with Crippen LogP contribution in [0, 0.1) is 0 Å². The normalized spacial score (nSPS) is 22.9. The minimum absolute atomic E-state index is 0.150. The summed E-state index contributed by atoms with van der Waals surface area (Å²) in [7, 11) is 1.67. The number of piperidine rings is 1. The number of carbonyl (C=O) groups excluding carboxylic acids is 3. The van der Waals surface area contributed by atoms with Crippen LogP contribution in [0.2, 0.25) is 0 Å². The number of anilines is 1. The lowest BCUT2D eigenvalue weighted by Crippen LogP contribution is -2.52. The second-order valence-electron chi connectivity index (χ2n) is 10.6. The molecule has 1 atom stereocenters. The van der Waals surface area contributed by atoms with Crippen LogP contribution in [-0.4, -0.2) is 56.6 Å². The number of nitrogens with one attached hydrogen (secondary N) is 2. The Morgan fingerprint density at radius 3 is 2.56 bits per heavy atom. The molecule has 3 heterocycles. The predicted octanol–water partition coefficient (Wildman–Crippen LogP) is 3.23. The van der Waals surface area contributed by atoms with E-state index in [1.807, 2.05) is 36.7 Å². The number of imide groups is 1. The van der Waals surface area contributed by atoms with Crippen LogP contribution in [0.3, 0.4) is 0 Å². The first-order chi connectivity index (χ1) is 19.0. The maximum atomic E-state index is 13.1. The topological polar surface area (TPSA) is 118 Å². The Morgan fingerprint density at radius 2 is 1.82 bits per heavy atom. The maximum Gasteiger partial charge on any atom is 0.255 e. The average molecular weight is 529 g/mol. The number of hydrogen-bond donors (Lipinski definition) is 2. The molecular weight excluding hydrogens is 496 g/mol. The average Bonchev–Trinajstić information content (AvgIpc) is 3.54. The molecule has 2 fully saturated rings. The van der Waals surface area contributed by atoms with Crippen molar-refractivity contribution in [1.82, 2.24) is 25.0 Å². The Balaban J connectivity index is 1.09. The second kappa shape index (κ2) is 10.5. The highest BCUT2D eigenvalue weighted by atomic mass is 16.5. The van der Waals surface area contributed by atoms with E-state index in [1.54, 1.807) is 12.0 Å². The van der Waals surface area contributed by atoms with E-state index in [-0.39, 0.29) is 30.2 Å². The van der Waals surface area contributed by atoms with Gasteiger partial charge in [-0.25, -0.2) is 0 Å². The lowest BCUT2D eigenvalue weighted by Gasteiger charge is -2.30. The van der Waals surface area contributed by atoms with Crippen molar-refractivity contribution in [2.45, 2.75) is 69.6 Å². The van der Waals surface area contributed by atoms with Gasteiger partial charge in [0, 0.05) is 41.7 Å². The van der Waals surface area contributed by atoms with Crippen LogP contribution in [-0.2, 0) is 22.7 Å². The Kier molecular flexibility index (Phi) is 6.76. The molecule has 3 aliphatic rings. The van der Waals surface area contributed by atoms with E-state index in [4.69, 9.17) is 4.74 Å². The molecule has 10 heteroatoms. The highest BCUT2D eigenvalue weighted by molar-refractivity contribution is 6.06. The first-order valence-corrected chi connectivity index (χ1v) is 13.5. The predicted molar refractivity (Wildman–Crippen MR) is 143 cm³/mol. The van der Waals surface area contributed by atoms with Crippen LogP contribution in [0.4, 0.5) is 5.69 Å². The van der Waals surface area contributed by atoms with Crippen molar-refractivity contribution < 1.29 is 19.1 Å². The first kappa shape index (κ1) is 25.1. The van der Waals surface area contributed by atoms with Crippen LogP contribution in [0.15, 0.2) is 48.8 Å². The smallest absolute Gasteiger partial charge is 0.255 e. The number of fused-ring (bicyclic) bond motifs is 1. The summed E-state index contributed by atoms with van der Waals surface area (Å²) in [5, 5.41) is 14.7. The summed E-state index contributed by atoms with van der Waals surface area (Å²) in [4.78, 5) is 38.7. The summed E-state index contributed by atoms with van der Waals surface area (Å²) in [6.45, 7) is 1.09. The molecule has 3 aromatic rings. The molecule has 0 spiro atoms. The number of amides is 3. The number of methoxy groups -OCH3 is 1. The van der Waals surface area contributed by atoms with Crippen LogP contribution >= 0.6 is 0 Å². The van der Waals surface area contributed by atoms with E-state index in [2.05, 4.69) is 37.5 Å². The van der Waals surface area contributed by atoms with Gasteiger partial charge in [-0.15, -0.1) is 10.2 Å². The zero-order chi connectivity index (χ0) is 26.9. The fourth-order valence-electron chi connectivity index (χ4n) is 6.07.